The second kappa shape index (κ2) is 5.30. The van der Waals surface area contributed by atoms with Crippen molar-refractivity contribution in [2.45, 2.75) is 19.0 Å². The Kier molecular flexibility index (Phi) is 4.74. The van der Waals surface area contributed by atoms with E-state index in [1.165, 1.54) is 0 Å². The van der Waals surface area contributed by atoms with Crippen LogP contribution in [0.15, 0.2) is 5.16 Å². The molecule has 0 atom stereocenters. The van der Waals surface area contributed by atoms with Crippen LogP contribution in [0.3, 0.4) is 0 Å². The highest BCUT2D eigenvalue weighted by molar-refractivity contribution is 5.98. The molecule has 0 aliphatic carbocycles. The molecule has 0 aliphatic rings. The van der Waals surface area contributed by atoms with Gasteiger partial charge in [0.25, 0.3) is 0 Å². The number of hydrogen-bond acceptors (Lipinski definition) is 3. The van der Waals surface area contributed by atoms with Gasteiger partial charge < -0.3 is 16.3 Å². The lowest BCUT2D eigenvalue weighted by Gasteiger charge is -2.06. The Balaban J connectivity index is 3.66. The number of carbonyl (C=O) groups is 1. The van der Waals surface area contributed by atoms with Crippen molar-refractivity contribution >= 4 is 11.7 Å². The third-order valence-electron chi connectivity index (χ3n) is 1.20. The van der Waals surface area contributed by atoms with Crippen LogP contribution in [-0.2, 0) is 4.79 Å². The summed E-state index contributed by atoms with van der Waals surface area (Å²) in [6.45, 7) is -0.513. The van der Waals surface area contributed by atoms with E-state index in [9.17, 15) is 18.0 Å². The molecule has 0 saturated heterocycles. The van der Waals surface area contributed by atoms with Crippen molar-refractivity contribution < 1.29 is 23.2 Å². The zero-order valence-corrected chi connectivity index (χ0v) is 7.14. The van der Waals surface area contributed by atoms with E-state index in [-0.39, 0.29) is 5.84 Å². The predicted molar refractivity (Wildman–Crippen MR) is 41.7 cm³/mol. The molecule has 0 fully saturated rings. The van der Waals surface area contributed by atoms with Gasteiger partial charge in [-0.1, -0.05) is 5.16 Å². The molecule has 0 radical (unpaired) electrons. The zero-order valence-electron chi connectivity index (χ0n) is 7.14. The van der Waals surface area contributed by atoms with E-state index in [2.05, 4.69) is 5.16 Å². The quantitative estimate of drug-likeness (QED) is 0.269. The van der Waals surface area contributed by atoms with E-state index >= 15 is 0 Å². The van der Waals surface area contributed by atoms with Crippen molar-refractivity contribution in [3.63, 3.8) is 0 Å². The van der Waals surface area contributed by atoms with Gasteiger partial charge in [0, 0.05) is 6.54 Å². The molecule has 0 saturated carbocycles. The van der Waals surface area contributed by atoms with Crippen molar-refractivity contribution in [1.82, 2.24) is 5.32 Å². The van der Waals surface area contributed by atoms with Gasteiger partial charge in [0.1, 0.15) is 5.84 Å². The van der Waals surface area contributed by atoms with Crippen molar-refractivity contribution in [1.29, 1.82) is 0 Å². The number of carbonyl (C=O) groups excluding carboxylic acids is 1. The van der Waals surface area contributed by atoms with Crippen LogP contribution in [0.4, 0.5) is 13.2 Å². The monoisotopic (exact) mass is 213 g/mol. The van der Waals surface area contributed by atoms with E-state index < -0.39 is 31.5 Å². The summed E-state index contributed by atoms with van der Waals surface area (Å²) in [6.07, 6.45) is -5.83. The lowest BCUT2D eigenvalue weighted by molar-refractivity contribution is -0.135. The van der Waals surface area contributed by atoms with Crippen LogP contribution in [0, 0.1) is 0 Å². The lowest BCUT2D eigenvalue weighted by Crippen LogP contribution is -2.31. The van der Waals surface area contributed by atoms with Gasteiger partial charge in [0.15, 0.2) is 0 Å². The maximum Gasteiger partial charge on any atom is 0.390 e. The number of nitrogens with zero attached hydrogens (tertiary/aromatic N) is 1. The Morgan fingerprint density at radius 2 is 2.07 bits per heavy atom. The van der Waals surface area contributed by atoms with Gasteiger partial charge in [-0.25, -0.2) is 0 Å². The molecule has 8 heteroatoms. The van der Waals surface area contributed by atoms with Gasteiger partial charge in [-0.15, -0.1) is 0 Å². The van der Waals surface area contributed by atoms with Crippen LogP contribution in [-0.4, -0.2) is 29.7 Å². The number of amides is 1. The minimum absolute atomic E-state index is 0.352. The molecule has 5 nitrogen and oxygen atoms in total. The summed E-state index contributed by atoms with van der Waals surface area (Å²) >= 11 is 0. The minimum Gasteiger partial charge on any atom is -0.409 e. The molecule has 0 aromatic rings. The maximum absolute atomic E-state index is 11.6. The normalized spacial score (nSPS) is 12.6. The van der Waals surface area contributed by atoms with Crippen molar-refractivity contribution in [3.8, 4) is 0 Å². The number of amidine groups is 1. The summed E-state index contributed by atoms with van der Waals surface area (Å²) in [4.78, 5) is 10.7. The molecule has 0 aromatic heterocycles. The Morgan fingerprint density at radius 3 is 2.50 bits per heavy atom. The Hall–Kier alpha value is -1.47. The molecule has 4 N–H and O–H groups in total. The number of oxime groups is 1. The molecule has 0 heterocycles. The second-order valence-electron chi connectivity index (χ2n) is 2.48. The highest BCUT2D eigenvalue weighted by atomic mass is 19.4. The van der Waals surface area contributed by atoms with E-state index in [1.807, 2.05) is 5.32 Å². The number of alkyl halides is 3. The number of nitrogens with one attached hydrogen (secondary N) is 1. The van der Waals surface area contributed by atoms with Crippen LogP contribution >= 0.6 is 0 Å². The second-order valence-corrected chi connectivity index (χ2v) is 2.48. The van der Waals surface area contributed by atoms with E-state index in [0.29, 0.717) is 0 Å². The molecule has 0 bridgehead atoms. The fraction of sp³-hybridized carbons (Fsp3) is 0.667. The molecule has 14 heavy (non-hydrogen) atoms. The molecular weight excluding hydrogens is 203 g/mol. The van der Waals surface area contributed by atoms with Crippen LogP contribution in [0.1, 0.15) is 12.8 Å². The third-order valence-corrected chi connectivity index (χ3v) is 1.20. The molecular formula is C6H10F3N3O2. The van der Waals surface area contributed by atoms with Gasteiger partial charge >= 0.3 is 6.18 Å². The first-order valence-corrected chi connectivity index (χ1v) is 3.65. The zero-order chi connectivity index (χ0) is 11.2. The Morgan fingerprint density at radius 1 is 1.50 bits per heavy atom. The SMILES string of the molecule is NC(CC(=O)NCCC(F)(F)F)=NO. The average molecular weight is 213 g/mol. The van der Waals surface area contributed by atoms with Gasteiger partial charge in [-0.05, 0) is 0 Å². The predicted octanol–water partition coefficient (Wildman–Crippen LogP) is 0.191. The van der Waals surface area contributed by atoms with Crippen LogP contribution in [0.2, 0.25) is 0 Å². The van der Waals surface area contributed by atoms with Crippen LogP contribution in [0.25, 0.3) is 0 Å². The van der Waals surface area contributed by atoms with Crippen LogP contribution in [0.5, 0.6) is 0 Å². The number of nitrogens with two attached hydrogens (primary N) is 1. The number of halogens is 3. The fourth-order valence-electron chi connectivity index (χ4n) is 0.606. The van der Waals surface area contributed by atoms with Crippen molar-refractivity contribution in [2.75, 3.05) is 6.54 Å². The van der Waals surface area contributed by atoms with Gasteiger partial charge in [-0.3, -0.25) is 4.79 Å². The molecule has 0 spiro atoms. The third kappa shape index (κ3) is 7.19. The summed E-state index contributed by atoms with van der Waals surface area (Å²) in [5.74, 6) is -1.07. The van der Waals surface area contributed by atoms with E-state index in [1.54, 1.807) is 0 Å². The molecule has 1 amide bonds. The van der Waals surface area contributed by atoms with Crippen molar-refractivity contribution in [3.05, 3.63) is 0 Å². The molecule has 82 valence electrons. The Bertz CT molecular complexity index is 227. The number of hydrogen-bond donors (Lipinski definition) is 3. The van der Waals surface area contributed by atoms with Crippen molar-refractivity contribution in [2.24, 2.45) is 10.9 Å². The Labute approximate surface area is 77.8 Å². The summed E-state index contributed by atoms with van der Waals surface area (Å²) in [6, 6.07) is 0. The highest BCUT2D eigenvalue weighted by Crippen LogP contribution is 2.17. The standard InChI is InChI=1S/C6H10F3N3O2/c7-6(8,9)1-2-11-5(13)3-4(10)12-14/h14H,1-3H2,(H2,10,12)(H,11,13). The molecule has 0 rings (SSSR count). The summed E-state index contributed by atoms with van der Waals surface area (Å²) in [5, 5.41) is 12.5. The first-order chi connectivity index (χ1) is 6.35. The molecule has 0 aromatic carbocycles. The fourth-order valence-corrected chi connectivity index (χ4v) is 0.606. The van der Waals surface area contributed by atoms with Crippen LogP contribution < -0.4 is 11.1 Å². The van der Waals surface area contributed by atoms with Gasteiger partial charge in [0.05, 0.1) is 12.8 Å². The number of rotatable bonds is 4. The first-order valence-electron chi connectivity index (χ1n) is 3.65. The maximum atomic E-state index is 11.6. The summed E-state index contributed by atoms with van der Waals surface area (Å²) < 4.78 is 34.8. The summed E-state index contributed by atoms with van der Waals surface area (Å²) in [7, 11) is 0. The highest BCUT2D eigenvalue weighted by Gasteiger charge is 2.26. The smallest absolute Gasteiger partial charge is 0.390 e. The van der Waals surface area contributed by atoms with Gasteiger partial charge in [-0.2, -0.15) is 13.2 Å². The lowest BCUT2D eigenvalue weighted by atomic mass is 10.3. The summed E-state index contributed by atoms with van der Waals surface area (Å²) in [5.41, 5.74) is 4.95. The average Bonchev–Trinajstić information content (AvgIpc) is 2.01. The topological polar surface area (TPSA) is 87.7 Å². The van der Waals surface area contributed by atoms with E-state index in [0.717, 1.165) is 0 Å². The van der Waals surface area contributed by atoms with E-state index in [4.69, 9.17) is 10.9 Å². The molecule has 0 aliphatic heterocycles. The first kappa shape index (κ1) is 12.5. The largest absolute Gasteiger partial charge is 0.409 e. The minimum atomic E-state index is -4.30. The van der Waals surface area contributed by atoms with Gasteiger partial charge in [0.2, 0.25) is 5.91 Å². The molecule has 0 unspecified atom stereocenters.